The molecule has 0 spiro atoms. The van der Waals surface area contributed by atoms with Gasteiger partial charge in [0.25, 0.3) is 0 Å². The van der Waals surface area contributed by atoms with E-state index in [0.29, 0.717) is 13.1 Å². The molecule has 0 radical (unpaired) electrons. The van der Waals surface area contributed by atoms with Crippen LogP contribution in [-0.2, 0) is 16.1 Å². The average molecular weight is 343 g/mol. The van der Waals surface area contributed by atoms with Crippen LogP contribution in [0, 0.1) is 0 Å². The molecule has 0 unspecified atom stereocenters. The number of pyridine rings is 1. The van der Waals surface area contributed by atoms with Crippen LogP contribution >= 0.6 is 0 Å². The fourth-order valence-electron chi connectivity index (χ4n) is 3.13. The Bertz CT molecular complexity index is 693. The van der Waals surface area contributed by atoms with Crippen molar-refractivity contribution in [2.24, 2.45) is 0 Å². The molecule has 7 heteroatoms. The fraction of sp³-hybridized carbons (Fsp3) is 0.500. The molecule has 2 aromatic rings. The lowest BCUT2D eigenvalue weighted by atomic mass is 10.1. The number of hydrogen-bond donors (Lipinski definition) is 1. The molecule has 3 heterocycles. The normalized spacial score (nSPS) is 21.8. The number of hydrogen-bond acceptors (Lipinski definition) is 5. The summed E-state index contributed by atoms with van der Waals surface area (Å²) in [6, 6.07) is 4.09. The minimum atomic E-state index is 0.0684. The zero-order valence-corrected chi connectivity index (χ0v) is 14.9. The summed E-state index contributed by atoms with van der Waals surface area (Å²) in [5.41, 5.74) is 2.04. The number of aromatic nitrogens is 3. The zero-order chi connectivity index (χ0) is 17.8. The number of ether oxygens (including phenoxy) is 1. The fourth-order valence-corrected chi connectivity index (χ4v) is 3.13. The van der Waals surface area contributed by atoms with Crippen molar-refractivity contribution < 1.29 is 9.53 Å². The van der Waals surface area contributed by atoms with E-state index in [1.54, 1.807) is 23.3 Å². The summed E-state index contributed by atoms with van der Waals surface area (Å²) >= 11 is 0. The van der Waals surface area contributed by atoms with Gasteiger partial charge in [-0.05, 0) is 38.5 Å². The summed E-state index contributed by atoms with van der Waals surface area (Å²) in [5.74, 6) is 0.0684. The minimum absolute atomic E-state index is 0.0684. The summed E-state index contributed by atoms with van der Waals surface area (Å²) < 4.78 is 7.35. The highest BCUT2D eigenvalue weighted by atomic mass is 16.5. The Balaban J connectivity index is 1.57. The molecule has 1 aliphatic heterocycles. The maximum atomic E-state index is 12.5. The van der Waals surface area contributed by atoms with Gasteiger partial charge in [-0.25, -0.2) is 0 Å². The summed E-state index contributed by atoms with van der Waals surface area (Å²) in [4.78, 5) is 18.4. The zero-order valence-electron chi connectivity index (χ0n) is 14.9. The van der Waals surface area contributed by atoms with E-state index in [4.69, 9.17) is 4.74 Å². The van der Waals surface area contributed by atoms with E-state index < -0.39 is 0 Å². The Morgan fingerprint density at radius 3 is 2.68 bits per heavy atom. The standard InChI is InChI=1S/C18H25N5O2/c1-13-9-22(10-14(2)25-13)18(24)12-23-11-17(8-20-23)21-15(3)16-4-6-19-7-5-16/h4-8,11,13-15,21H,9-10,12H2,1-3H3/t13-,14-,15-/m1/s1. The highest BCUT2D eigenvalue weighted by Crippen LogP contribution is 2.18. The lowest BCUT2D eigenvalue weighted by Crippen LogP contribution is -2.49. The van der Waals surface area contributed by atoms with Gasteiger partial charge < -0.3 is 15.0 Å². The number of anilines is 1. The Morgan fingerprint density at radius 1 is 1.32 bits per heavy atom. The van der Waals surface area contributed by atoms with Crippen LogP contribution in [0.5, 0.6) is 0 Å². The maximum absolute atomic E-state index is 12.5. The van der Waals surface area contributed by atoms with E-state index >= 15 is 0 Å². The highest BCUT2D eigenvalue weighted by Gasteiger charge is 2.26. The monoisotopic (exact) mass is 343 g/mol. The van der Waals surface area contributed by atoms with Crippen molar-refractivity contribution in [1.82, 2.24) is 19.7 Å². The summed E-state index contributed by atoms with van der Waals surface area (Å²) in [5, 5.41) is 7.69. The molecule has 3 rings (SSSR count). The van der Waals surface area contributed by atoms with Gasteiger partial charge in [0, 0.05) is 37.7 Å². The quantitative estimate of drug-likeness (QED) is 0.900. The van der Waals surface area contributed by atoms with Gasteiger partial charge >= 0.3 is 0 Å². The van der Waals surface area contributed by atoms with E-state index in [1.807, 2.05) is 37.1 Å². The van der Waals surface area contributed by atoms with Crippen LogP contribution in [0.4, 0.5) is 5.69 Å². The molecule has 134 valence electrons. The first-order valence-electron chi connectivity index (χ1n) is 8.63. The molecule has 1 saturated heterocycles. The van der Waals surface area contributed by atoms with E-state index in [2.05, 4.69) is 22.3 Å². The minimum Gasteiger partial charge on any atom is -0.376 e. The summed E-state index contributed by atoms with van der Waals surface area (Å²) in [6.07, 6.45) is 7.31. The third-order valence-corrected chi connectivity index (χ3v) is 4.29. The predicted molar refractivity (Wildman–Crippen MR) is 95.1 cm³/mol. The van der Waals surface area contributed by atoms with E-state index in [-0.39, 0.29) is 30.7 Å². The summed E-state index contributed by atoms with van der Waals surface area (Å²) in [7, 11) is 0. The molecule has 0 aliphatic carbocycles. The molecule has 25 heavy (non-hydrogen) atoms. The van der Waals surface area contributed by atoms with E-state index in [0.717, 1.165) is 11.3 Å². The third kappa shape index (κ3) is 4.57. The van der Waals surface area contributed by atoms with Crippen LogP contribution in [0.2, 0.25) is 0 Å². The number of carbonyl (C=O) groups is 1. The van der Waals surface area contributed by atoms with Crippen LogP contribution < -0.4 is 5.32 Å². The molecule has 1 amide bonds. The van der Waals surface area contributed by atoms with Crippen molar-refractivity contribution >= 4 is 11.6 Å². The lowest BCUT2D eigenvalue weighted by molar-refractivity contribution is -0.144. The molecule has 1 fully saturated rings. The van der Waals surface area contributed by atoms with Crippen LogP contribution in [-0.4, -0.2) is 50.9 Å². The first-order chi connectivity index (χ1) is 12.0. The molecule has 7 nitrogen and oxygen atoms in total. The first kappa shape index (κ1) is 17.4. The highest BCUT2D eigenvalue weighted by molar-refractivity contribution is 5.76. The van der Waals surface area contributed by atoms with Crippen LogP contribution in [0.25, 0.3) is 0 Å². The van der Waals surface area contributed by atoms with Gasteiger partial charge in [-0.15, -0.1) is 0 Å². The molecule has 1 N–H and O–H groups in total. The van der Waals surface area contributed by atoms with Crippen molar-refractivity contribution in [2.45, 2.75) is 45.6 Å². The second kappa shape index (κ2) is 7.65. The van der Waals surface area contributed by atoms with Gasteiger partial charge in [-0.3, -0.25) is 14.5 Å². The summed E-state index contributed by atoms with van der Waals surface area (Å²) in [6.45, 7) is 7.57. The first-order valence-corrected chi connectivity index (χ1v) is 8.63. The maximum Gasteiger partial charge on any atom is 0.244 e. The topological polar surface area (TPSA) is 72.3 Å². The Hall–Kier alpha value is -2.41. The van der Waals surface area contributed by atoms with Gasteiger partial charge in [-0.2, -0.15) is 5.10 Å². The number of nitrogens with one attached hydrogen (secondary N) is 1. The molecular formula is C18H25N5O2. The second-order valence-corrected chi connectivity index (χ2v) is 6.63. The van der Waals surface area contributed by atoms with Crippen LogP contribution in [0.15, 0.2) is 36.9 Å². The van der Waals surface area contributed by atoms with Gasteiger partial charge in [0.1, 0.15) is 6.54 Å². The van der Waals surface area contributed by atoms with Gasteiger partial charge in [0.05, 0.1) is 24.1 Å². The molecule has 0 saturated carbocycles. The van der Waals surface area contributed by atoms with Crippen molar-refractivity contribution in [2.75, 3.05) is 18.4 Å². The van der Waals surface area contributed by atoms with Crippen LogP contribution in [0.1, 0.15) is 32.4 Å². The van der Waals surface area contributed by atoms with Gasteiger partial charge in [-0.1, -0.05) is 0 Å². The van der Waals surface area contributed by atoms with Crippen molar-refractivity contribution in [3.05, 3.63) is 42.5 Å². The number of amides is 1. The second-order valence-electron chi connectivity index (χ2n) is 6.63. The van der Waals surface area contributed by atoms with E-state index in [1.165, 1.54) is 0 Å². The average Bonchev–Trinajstić information content (AvgIpc) is 3.01. The SMILES string of the molecule is C[C@@H]1CN(C(=O)Cn2cc(N[C@H](C)c3ccncc3)cn2)C[C@@H](C)O1. The molecule has 2 aromatic heterocycles. The van der Waals surface area contributed by atoms with E-state index in [9.17, 15) is 4.79 Å². The molecular weight excluding hydrogens is 318 g/mol. The largest absolute Gasteiger partial charge is 0.376 e. The Morgan fingerprint density at radius 2 is 2.00 bits per heavy atom. The lowest BCUT2D eigenvalue weighted by Gasteiger charge is -2.35. The van der Waals surface area contributed by atoms with Gasteiger partial charge in [0.2, 0.25) is 5.91 Å². The van der Waals surface area contributed by atoms with Crippen molar-refractivity contribution in [1.29, 1.82) is 0 Å². The predicted octanol–water partition coefficient (Wildman–Crippen LogP) is 2.09. The Labute approximate surface area is 148 Å². The molecule has 0 bridgehead atoms. The van der Waals surface area contributed by atoms with Crippen LogP contribution in [0.3, 0.4) is 0 Å². The molecule has 0 aromatic carbocycles. The number of rotatable bonds is 5. The Kier molecular flexibility index (Phi) is 5.33. The molecule has 3 atom stereocenters. The van der Waals surface area contributed by atoms with Crippen molar-refractivity contribution in [3.8, 4) is 0 Å². The molecule has 1 aliphatic rings. The third-order valence-electron chi connectivity index (χ3n) is 4.29. The van der Waals surface area contributed by atoms with Crippen molar-refractivity contribution in [3.63, 3.8) is 0 Å². The number of morpholine rings is 1. The smallest absolute Gasteiger partial charge is 0.244 e. The van der Waals surface area contributed by atoms with Gasteiger partial charge in [0.15, 0.2) is 0 Å². The number of carbonyl (C=O) groups excluding carboxylic acids is 1. The number of nitrogens with zero attached hydrogens (tertiary/aromatic N) is 4.